The van der Waals surface area contributed by atoms with Crippen LogP contribution in [0.5, 0.6) is 0 Å². The van der Waals surface area contributed by atoms with Crippen molar-refractivity contribution in [3.05, 3.63) is 46.6 Å². The predicted molar refractivity (Wildman–Crippen MR) is 75.9 cm³/mol. The van der Waals surface area contributed by atoms with Crippen LogP contribution >= 0.6 is 11.6 Å². The molecule has 0 amide bonds. The first kappa shape index (κ1) is 13.6. The van der Waals surface area contributed by atoms with Crippen LogP contribution in [0.2, 0.25) is 5.15 Å². The molecule has 0 bridgehead atoms. The first-order chi connectivity index (χ1) is 9.04. The summed E-state index contributed by atoms with van der Waals surface area (Å²) in [5.41, 5.74) is 7.46. The molecule has 0 radical (unpaired) electrons. The lowest BCUT2D eigenvalue weighted by Gasteiger charge is -2.08. The van der Waals surface area contributed by atoms with E-state index in [-0.39, 0.29) is 5.95 Å². The molecule has 1 unspecified atom stereocenters. The number of hydrogen-bond acceptors (Lipinski definition) is 5. The summed E-state index contributed by atoms with van der Waals surface area (Å²) in [6, 6.07) is 9.29. The Kier molecular flexibility index (Phi) is 4.19. The van der Waals surface area contributed by atoms with Gasteiger partial charge < -0.3 is 16.2 Å². The van der Waals surface area contributed by atoms with Crippen LogP contribution in [0.25, 0.3) is 0 Å². The average molecular weight is 279 g/mol. The number of nitrogens with zero attached hydrogens (tertiary/aromatic N) is 2. The zero-order valence-corrected chi connectivity index (χ0v) is 11.2. The summed E-state index contributed by atoms with van der Waals surface area (Å²) in [6.07, 6.45) is -0.456. The Morgan fingerprint density at radius 1 is 1.32 bits per heavy atom. The molecule has 0 saturated carbocycles. The Hall–Kier alpha value is -1.85. The number of benzene rings is 1. The summed E-state index contributed by atoms with van der Waals surface area (Å²) in [5, 5.41) is 12.8. The number of nitrogens with one attached hydrogen (secondary N) is 1. The van der Waals surface area contributed by atoms with Gasteiger partial charge in [-0.25, -0.2) is 4.98 Å². The standard InChI is InChI=1S/C13H15ClN4O/c1-8(19)10-4-2-9(3-5-10)7-16-12-6-11(14)17-13(15)18-12/h2-6,8,19H,7H2,1H3,(H3,15,16,17,18). The molecule has 1 heterocycles. The maximum absolute atomic E-state index is 9.42. The SMILES string of the molecule is CC(O)c1ccc(CNc2cc(Cl)nc(N)n2)cc1. The van der Waals surface area contributed by atoms with Crippen LogP contribution in [0, 0.1) is 0 Å². The summed E-state index contributed by atoms with van der Waals surface area (Å²) in [7, 11) is 0. The van der Waals surface area contributed by atoms with Crippen molar-refractivity contribution in [2.75, 3.05) is 11.1 Å². The number of nitrogen functional groups attached to an aromatic ring is 1. The van der Waals surface area contributed by atoms with Crippen LogP contribution in [0.3, 0.4) is 0 Å². The van der Waals surface area contributed by atoms with E-state index in [2.05, 4.69) is 15.3 Å². The molecule has 0 saturated heterocycles. The summed E-state index contributed by atoms with van der Waals surface area (Å²) >= 11 is 5.79. The second-order valence-corrected chi connectivity index (χ2v) is 4.59. The van der Waals surface area contributed by atoms with Crippen molar-refractivity contribution < 1.29 is 5.11 Å². The van der Waals surface area contributed by atoms with Gasteiger partial charge in [-0.15, -0.1) is 0 Å². The molecule has 1 aromatic carbocycles. The highest BCUT2D eigenvalue weighted by Gasteiger charge is 2.02. The van der Waals surface area contributed by atoms with Gasteiger partial charge in [0.15, 0.2) is 0 Å². The van der Waals surface area contributed by atoms with E-state index < -0.39 is 6.10 Å². The number of halogens is 1. The zero-order valence-electron chi connectivity index (χ0n) is 10.5. The molecular weight excluding hydrogens is 264 g/mol. The highest BCUT2D eigenvalue weighted by atomic mass is 35.5. The smallest absolute Gasteiger partial charge is 0.223 e. The van der Waals surface area contributed by atoms with E-state index in [9.17, 15) is 5.11 Å². The lowest BCUT2D eigenvalue weighted by atomic mass is 10.1. The minimum atomic E-state index is -0.456. The fourth-order valence-corrected chi connectivity index (χ4v) is 1.82. The van der Waals surface area contributed by atoms with Crippen molar-refractivity contribution >= 4 is 23.4 Å². The number of aromatic nitrogens is 2. The molecule has 0 spiro atoms. The van der Waals surface area contributed by atoms with E-state index in [1.54, 1.807) is 13.0 Å². The third-order valence-corrected chi connectivity index (χ3v) is 2.84. The first-order valence-electron chi connectivity index (χ1n) is 5.85. The lowest BCUT2D eigenvalue weighted by Crippen LogP contribution is -2.04. The molecule has 100 valence electrons. The van der Waals surface area contributed by atoms with Crippen LogP contribution in [0.4, 0.5) is 11.8 Å². The van der Waals surface area contributed by atoms with E-state index >= 15 is 0 Å². The van der Waals surface area contributed by atoms with E-state index in [0.29, 0.717) is 17.5 Å². The van der Waals surface area contributed by atoms with Crippen molar-refractivity contribution in [1.29, 1.82) is 0 Å². The fourth-order valence-electron chi connectivity index (χ4n) is 1.63. The van der Waals surface area contributed by atoms with E-state index in [1.807, 2.05) is 24.3 Å². The largest absolute Gasteiger partial charge is 0.389 e. The van der Waals surface area contributed by atoms with Crippen LogP contribution in [0.1, 0.15) is 24.2 Å². The molecule has 4 N–H and O–H groups in total. The molecule has 5 nitrogen and oxygen atoms in total. The van der Waals surface area contributed by atoms with Gasteiger partial charge in [-0.05, 0) is 18.1 Å². The lowest BCUT2D eigenvalue weighted by molar-refractivity contribution is 0.199. The maximum atomic E-state index is 9.42. The topological polar surface area (TPSA) is 84.1 Å². The monoisotopic (exact) mass is 278 g/mol. The summed E-state index contributed by atoms with van der Waals surface area (Å²) in [4.78, 5) is 7.81. The molecule has 0 aliphatic rings. The molecule has 2 aromatic rings. The number of aliphatic hydroxyl groups excluding tert-OH is 1. The molecule has 6 heteroatoms. The number of rotatable bonds is 4. The van der Waals surface area contributed by atoms with Crippen LogP contribution in [-0.4, -0.2) is 15.1 Å². The number of nitrogens with two attached hydrogens (primary N) is 1. The maximum Gasteiger partial charge on any atom is 0.223 e. The van der Waals surface area contributed by atoms with Crippen LogP contribution in [-0.2, 0) is 6.54 Å². The zero-order chi connectivity index (χ0) is 13.8. The van der Waals surface area contributed by atoms with Gasteiger partial charge >= 0.3 is 0 Å². The number of aliphatic hydroxyl groups is 1. The van der Waals surface area contributed by atoms with Crippen LogP contribution in [0.15, 0.2) is 30.3 Å². The average Bonchev–Trinajstić information content (AvgIpc) is 2.36. The molecule has 0 aliphatic heterocycles. The second-order valence-electron chi connectivity index (χ2n) is 4.21. The Morgan fingerprint density at radius 3 is 2.58 bits per heavy atom. The van der Waals surface area contributed by atoms with Crippen molar-refractivity contribution in [3.63, 3.8) is 0 Å². The highest BCUT2D eigenvalue weighted by molar-refractivity contribution is 6.29. The molecular formula is C13H15ClN4O. The van der Waals surface area contributed by atoms with Gasteiger partial charge in [0.2, 0.25) is 5.95 Å². The highest BCUT2D eigenvalue weighted by Crippen LogP contribution is 2.15. The van der Waals surface area contributed by atoms with Gasteiger partial charge in [-0.3, -0.25) is 0 Å². The molecule has 0 aliphatic carbocycles. The molecule has 2 rings (SSSR count). The van der Waals surface area contributed by atoms with Gasteiger partial charge in [0.25, 0.3) is 0 Å². The third-order valence-electron chi connectivity index (χ3n) is 2.65. The molecule has 1 aromatic heterocycles. The van der Waals surface area contributed by atoms with E-state index in [0.717, 1.165) is 11.1 Å². The predicted octanol–water partition coefficient (Wildman–Crippen LogP) is 2.38. The Balaban J connectivity index is 2.02. The summed E-state index contributed by atoms with van der Waals surface area (Å²) in [6.45, 7) is 2.33. The third kappa shape index (κ3) is 3.81. The van der Waals surface area contributed by atoms with Crippen molar-refractivity contribution in [2.45, 2.75) is 19.6 Å². The quantitative estimate of drug-likeness (QED) is 0.748. The van der Waals surface area contributed by atoms with Gasteiger partial charge in [0, 0.05) is 12.6 Å². The van der Waals surface area contributed by atoms with Gasteiger partial charge in [0.05, 0.1) is 6.10 Å². The number of anilines is 2. The van der Waals surface area contributed by atoms with Gasteiger partial charge in [-0.1, -0.05) is 35.9 Å². The van der Waals surface area contributed by atoms with Crippen molar-refractivity contribution in [3.8, 4) is 0 Å². The summed E-state index contributed by atoms with van der Waals surface area (Å²) in [5.74, 6) is 0.719. The second kappa shape index (κ2) is 5.86. The van der Waals surface area contributed by atoms with Gasteiger partial charge in [-0.2, -0.15) is 4.98 Å². The minimum absolute atomic E-state index is 0.138. The van der Waals surface area contributed by atoms with Crippen LogP contribution < -0.4 is 11.1 Å². The fraction of sp³-hybridized carbons (Fsp3) is 0.231. The number of hydrogen-bond donors (Lipinski definition) is 3. The van der Waals surface area contributed by atoms with Gasteiger partial charge in [0.1, 0.15) is 11.0 Å². The molecule has 1 atom stereocenters. The molecule has 19 heavy (non-hydrogen) atoms. The first-order valence-corrected chi connectivity index (χ1v) is 6.23. The minimum Gasteiger partial charge on any atom is -0.389 e. The van der Waals surface area contributed by atoms with E-state index in [4.69, 9.17) is 17.3 Å². The summed E-state index contributed by atoms with van der Waals surface area (Å²) < 4.78 is 0. The molecule has 0 fully saturated rings. The van der Waals surface area contributed by atoms with Crippen molar-refractivity contribution in [2.24, 2.45) is 0 Å². The normalized spacial score (nSPS) is 12.2. The van der Waals surface area contributed by atoms with Crippen molar-refractivity contribution in [1.82, 2.24) is 9.97 Å². The Morgan fingerprint density at radius 2 is 2.00 bits per heavy atom. The Bertz CT molecular complexity index is 537. The Labute approximate surface area is 116 Å². The van der Waals surface area contributed by atoms with E-state index in [1.165, 1.54) is 0 Å².